The van der Waals surface area contributed by atoms with Crippen LogP contribution in [0.5, 0.6) is 5.75 Å². The number of hydrogen-bond donors (Lipinski definition) is 1. The van der Waals surface area contributed by atoms with Crippen molar-refractivity contribution in [3.05, 3.63) is 59.7 Å². The van der Waals surface area contributed by atoms with Crippen LogP contribution in [0.2, 0.25) is 0 Å². The first kappa shape index (κ1) is 29.6. The van der Waals surface area contributed by atoms with Crippen molar-refractivity contribution in [2.75, 3.05) is 12.4 Å². The molecule has 0 aliphatic heterocycles. The fourth-order valence-electron chi connectivity index (χ4n) is 5.86. The Morgan fingerprint density at radius 3 is 2.32 bits per heavy atom. The Labute approximate surface area is 228 Å². The number of anilines is 1. The Kier molecular flexibility index (Phi) is 12.0. The summed E-state index contributed by atoms with van der Waals surface area (Å²) < 4.78 is 5.61. The molecule has 0 radical (unpaired) electrons. The van der Waals surface area contributed by atoms with Crippen molar-refractivity contribution in [3.8, 4) is 5.75 Å². The first-order valence-electron chi connectivity index (χ1n) is 14.5. The quantitative estimate of drug-likeness (QED) is 0.241. The number of nitrogens with one attached hydrogen (secondary N) is 1. The van der Waals surface area contributed by atoms with Gasteiger partial charge in [-0.2, -0.15) is 0 Å². The van der Waals surface area contributed by atoms with E-state index in [1.54, 1.807) is 25.3 Å². The van der Waals surface area contributed by atoms with Gasteiger partial charge in [0.05, 0.1) is 12.8 Å². The zero-order chi connectivity index (χ0) is 27.3. The topological polar surface area (TPSA) is 72.5 Å². The van der Waals surface area contributed by atoms with Gasteiger partial charge in [0.1, 0.15) is 11.5 Å². The molecule has 1 aliphatic carbocycles. The lowest BCUT2D eigenvalue weighted by Gasteiger charge is -2.28. The molecule has 1 aliphatic rings. The number of Topliss-reactive ketones (excluding diaryl/α,β-unsaturated/α-hetero) is 2. The molecule has 5 heteroatoms. The summed E-state index contributed by atoms with van der Waals surface area (Å²) in [5, 5.41) is 2.90. The monoisotopic (exact) mass is 519 g/mol. The molecule has 0 bridgehead atoms. The fourth-order valence-corrected chi connectivity index (χ4v) is 5.86. The molecule has 1 N–H and O–H groups in total. The van der Waals surface area contributed by atoms with Gasteiger partial charge >= 0.3 is 0 Å². The van der Waals surface area contributed by atoms with Crippen molar-refractivity contribution < 1.29 is 19.1 Å². The molecule has 1 atom stereocenters. The largest absolute Gasteiger partial charge is 0.496 e. The molecular weight excluding hydrogens is 474 g/mol. The Morgan fingerprint density at radius 1 is 0.921 bits per heavy atom. The van der Waals surface area contributed by atoms with Crippen molar-refractivity contribution in [2.24, 2.45) is 11.8 Å². The number of methoxy groups -OCH3 is 1. The highest BCUT2D eigenvalue weighted by Crippen LogP contribution is 2.36. The van der Waals surface area contributed by atoms with Gasteiger partial charge in [-0.1, -0.05) is 50.1 Å². The lowest BCUT2D eigenvalue weighted by Crippen LogP contribution is -2.23. The molecule has 3 rings (SSSR count). The lowest BCUT2D eigenvalue weighted by molar-refractivity contribution is -0.124. The predicted molar refractivity (Wildman–Crippen MR) is 154 cm³/mol. The van der Waals surface area contributed by atoms with Crippen LogP contribution in [0, 0.1) is 11.8 Å². The molecule has 0 spiro atoms. The van der Waals surface area contributed by atoms with Crippen LogP contribution < -0.4 is 10.1 Å². The maximum atomic E-state index is 13.0. The van der Waals surface area contributed by atoms with E-state index < -0.39 is 0 Å². The Bertz CT molecular complexity index is 1050. The van der Waals surface area contributed by atoms with E-state index in [2.05, 4.69) is 24.4 Å². The molecule has 0 aromatic heterocycles. The van der Waals surface area contributed by atoms with Crippen molar-refractivity contribution in [3.63, 3.8) is 0 Å². The first-order valence-corrected chi connectivity index (χ1v) is 14.5. The third-order valence-electron chi connectivity index (χ3n) is 8.12. The maximum absolute atomic E-state index is 13.0. The highest BCUT2D eigenvalue weighted by Gasteiger charge is 2.26. The second-order valence-corrected chi connectivity index (χ2v) is 10.8. The number of para-hydroxylation sites is 2. The normalized spacial score (nSPS) is 18.0. The van der Waals surface area contributed by atoms with Crippen molar-refractivity contribution in [1.29, 1.82) is 0 Å². The minimum Gasteiger partial charge on any atom is -0.496 e. The van der Waals surface area contributed by atoms with Gasteiger partial charge in [0.25, 0.3) is 0 Å². The number of benzene rings is 2. The number of carbonyl (C=O) groups excluding carboxylic acids is 3. The average Bonchev–Trinajstić information content (AvgIpc) is 2.94. The average molecular weight is 520 g/mol. The van der Waals surface area contributed by atoms with Gasteiger partial charge in [0.2, 0.25) is 5.91 Å². The van der Waals surface area contributed by atoms with Gasteiger partial charge in [0.15, 0.2) is 5.78 Å². The van der Waals surface area contributed by atoms with E-state index in [4.69, 9.17) is 4.74 Å². The molecule has 0 saturated heterocycles. The summed E-state index contributed by atoms with van der Waals surface area (Å²) in [6.45, 7) is 3.73. The van der Waals surface area contributed by atoms with Crippen LogP contribution in [-0.4, -0.2) is 24.6 Å². The van der Waals surface area contributed by atoms with E-state index in [0.717, 1.165) is 57.1 Å². The lowest BCUT2D eigenvalue weighted by atomic mass is 9.77. The highest BCUT2D eigenvalue weighted by molar-refractivity contribution is 6.03. The number of ketones is 2. The Morgan fingerprint density at radius 2 is 1.61 bits per heavy atom. The van der Waals surface area contributed by atoms with Crippen LogP contribution in [0.15, 0.2) is 48.5 Å². The second-order valence-electron chi connectivity index (χ2n) is 10.8. The summed E-state index contributed by atoms with van der Waals surface area (Å²) in [4.78, 5) is 37.3. The molecule has 1 unspecified atom stereocenters. The zero-order valence-electron chi connectivity index (χ0n) is 23.5. The molecule has 1 fully saturated rings. The number of rotatable bonds is 15. The standard InChI is InChI=1S/C33H45NO4/c1-4-5-11-26(29-14-7-9-17-32(29)38-3)12-10-16-31(36)27-21-18-25(19-22-27)20-23-33(37)34-30-15-8-6-13-28(30)24(2)35/h6-9,13-15,17,25-27H,4-5,10-12,16,18-23H2,1-3H3,(H,34,37). The van der Waals surface area contributed by atoms with E-state index in [1.165, 1.54) is 25.3 Å². The Balaban J connectivity index is 1.40. The number of ether oxygens (including phenoxy) is 1. The number of hydrogen-bond acceptors (Lipinski definition) is 4. The van der Waals surface area contributed by atoms with Crippen LogP contribution in [0.3, 0.4) is 0 Å². The molecule has 2 aromatic rings. The van der Waals surface area contributed by atoms with Crippen molar-refractivity contribution in [1.82, 2.24) is 0 Å². The highest BCUT2D eigenvalue weighted by atomic mass is 16.5. The van der Waals surface area contributed by atoms with Gasteiger partial charge in [0, 0.05) is 24.3 Å². The second kappa shape index (κ2) is 15.5. The smallest absolute Gasteiger partial charge is 0.224 e. The third-order valence-corrected chi connectivity index (χ3v) is 8.12. The summed E-state index contributed by atoms with van der Waals surface area (Å²) in [6.07, 6.45) is 11.2. The number of unbranched alkanes of at least 4 members (excludes halogenated alkanes) is 1. The molecule has 0 heterocycles. The first-order chi connectivity index (χ1) is 18.4. The van der Waals surface area contributed by atoms with Crippen molar-refractivity contribution in [2.45, 2.75) is 96.8 Å². The molecule has 206 valence electrons. The van der Waals surface area contributed by atoms with Crippen LogP contribution in [-0.2, 0) is 9.59 Å². The van der Waals surface area contributed by atoms with Crippen LogP contribution >= 0.6 is 0 Å². The SMILES string of the molecule is CCCCC(CCCC(=O)C1CCC(CCC(=O)Nc2ccccc2C(C)=O)CC1)c1ccccc1OC. The molecule has 5 nitrogen and oxygen atoms in total. The molecule has 38 heavy (non-hydrogen) atoms. The van der Waals surface area contributed by atoms with Gasteiger partial charge in [-0.05, 0) is 93.9 Å². The molecule has 2 aromatic carbocycles. The Hall–Kier alpha value is -2.95. The van der Waals surface area contributed by atoms with Gasteiger partial charge < -0.3 is 10.1 Å². The number of carbonyl (C=O) groups is 3. The van der Waals surface area contributed by atoms with E-state index in [-0.39, 0.29) is 17.6 Å². The minimum atomic E-state index is -0.0554. The van der Waals surface area contributed by atoms with Gasteiger partial charge in [-0.3, -0.25) is 14.4 Å². The van der Waals surface area contributed by atoms with E-state index in [0.29, 0.717) is 41.7 Å². The van der Waals surface area contributed by atoms with Gasteiger partial charge in [-0.15, -0.1) is 0 Å². The minimum absolute atomic E-state index is 0.0513. The third kappa shape index (κ3) is 8.82. The maximum Gasteiger partial charge on any atom is 0.224 e. The predicted octanol–water partition coefficient (Wildman–Crippen LogP) is 8.14. The summed E-state index contributed by atoms with van der Waals surface area (Å²) in [5.74, 6) is 2.35. The summed E-state index contributed by atoms with van der Waals surface area (Å²) in [5.41, 5.74) is 2.40. The van der Waals surface area contributed by atoms with Crippen molar-refractivity contribution >= 4 is 23.2 Å². The number of amides is 1. The molecular formula is C33H45NO4. The molecule has 1 amide bonds. The molecule has 1 saturated carbocycles. The zero-order valence-corrected chi connectivity index (χ0v) is 23.5. The van der Waals surface area contributed by atoms with Crippen LogP contribution in [0.1, 0.15) is 113 Å². The van der Waals surface area contributed by atoms with E-state index >= 15 is 0 Å². The summed E-state index contributed by atoms with van der Waals surface area (Å²) in [6, 6.07) is 15.4. The summed E-state index contributed by atoms with van der Waals surface area (Å²) in [7, 11) is 1.73. The van der Waals surface area contributed by atoms with E-state index in [9.17, 15) is 14.4 Å². The fraction of sp³-hybridized carbons (Fsp3) is 0.545. The van der Waals surface area contributed by atoms with Gasteiger partial charge in [-0.25, -0.2) is 0 Å². The summed E-state index contributed by atoms with van der Waals surface area (Å²) >= 11 is 0. The van der Waals surface area contributed by atoms with Crippen LogP contribution in [0.25, 0.3) is 0 Å². The van der Waals surface area contributed by atoms with E-state index in [1.807, 2.05) is 18.2 Å². The van der Waals surface area contributed by atoms with Crippen LogP contribution in [0.4, 0.5) is 5.69 Å².